The summed E-state index contributed by atoms with van der Waals surface area (Å²) < 4.78 is 53.9. The molecule has 4 aromatic rings. The summed E-state index contributed by atoms with van der Waals surface area (Å²) in [5.41, 5.74) is 0.207. The molecule has 0 aliphatic rings. The predicted molar refractivity (Wildman–Crippen MR) is 136 cm³/mol. The normalized spacial score (nSPS) is 12.1. The number of urea groups is 1. The number of hydrogen-bond acceptors (Lipinski definition) is 6. The zero-order valence-electron chi connectivity index (χ0n) is 20.1. The van der Waals surface area contributed by atoms with Crippen molar-refractivity contribution in [3.63, 3.8) is 0 Å². The number of alkyl halides is 3. The molecule has 2 amide bonds. The number of carbonyl (C=O) groups excluding carboxylic acids is 1. The summed E-state index contributed by atoms with van der Waals surface area (Å²) in [5.74, 6) is 0.302. The van der Waals surface area contributed by atoms with E-state index in [1.54, 1.807) is 23.6 Å². The van der Waals surface area contributed by atoms with Crippen molar-refractivity contribution in [2.24, 2.45) is 0 Å². The number of carbonyl (C=O) groups is 1. The molecule has 1 aromatic heterocycles. The first kappa shape index (κ1) is 27.6. The van der Waals surface area contributed by atoms with Crippen LogP contribution in [0.3, 0.4) is 0 Å². The number of non-ortho nitro benzene ring substituents is 1. The number of amides is 2. The lowest BCUT2D eigenvalue weighted by Crippen LogP contribution is -2.32. The number of aromatic nitrogens is 3. The monoisotopic (exact) mass is 560 g/mol. The number of nitrogens with zero attached hydrogens (tertiary/aromatic N) is 4. The Labute approximate surface area is 223 Å². The highest BCUT2D eigenvalue weighted by Crippen LogP contribution is 2.31. The van der Waals surface area contributed by atoms with Gasteiger partial charge in [0.2, 0.25) is 0 Å². The van der Waals surface area contributed by atoms with Crippen LogP contribution in [0.5, 0.6) is 0 Å². The zero-order chi connectivity index (χ0) is 28.2. The topological polar surface area (TPSA) is 115 Å². The number of hydrogen-bond donors (Lipinski definition) is 2. The van der Waals surface area contributed by atoms with Gasteiger partial charge in [0.15, 0.2) is 11.0 Å². The highest BCUT2D eigenvalue weighted by Gasteiger charge is 2.30. The summed E-state index contributed by atoms with van der Waals surface area (Å²) in [7, 11) is 0. The Bertz CT molecular complexity index is 1480. The van der Waals surface area contributed by atoms with Gasteiger partial charge in [-0.1, -0.05) is 30.0 Å². The van der Waals surface area contributed by atoms with E-state index in [0.29, 0.717) is 16.6 Å². The van der Waals surface area contributed by atoms with Gasteiger partial charge in [0.1, 0.15) is 5.82 Å². The van der Waals surface area contributed by atoms with Crippen molar-refractivity contribution in [1.82, 2.24) is 20.1 Å². The lowest BCUT2D eigenvalue weighted by atomic mass is 10.2. The van der Waals surface area contributed by atoms with E-state index in [4.69, 9.17) is 0 Å². The molecule has 1 unspecified atom stereocenters. The number of benzene rings is 3. The smallest absolute Gasteiger partial charge is 0.328 e. The van der Waals surface area contributed by atoms with Crippen LogP contribution in [0.25, 0.3) is 5.69 Å². The van der Waals surface area contributed by atoms with Gasteiger partial charge in [-0.25, -0.2) is 9.18 Å². The van der Waals surface area contributed by atoms with Crippen molar-refractivity contribution in [2.75, 3.05) is 5.32 Å². The van der Waals surface area contributed by atoms with Gasteiger partial charge in [0, 0.05) is 29.3 Å². The van der Waals surface area contributed by atoms with Crippen LogP contribution in [-0.2, 0) is 11.9 Å². The molecule has 1 heterocycles. The van der Waals surface area contributed by atoms with E-state index in [-0.39, 0.29) is 23.0 Å². The maximum atomic E-state index is 13.3. The van der Waals surface area contributed by atoms with Crippen LogP contribution in [0, 0.1) is 15.9 Å². The number of nitro groups is 1. The summed E-state index contributed by atoms with van der Waals surface area (Å²) in [5, 5.41) is 24.9. The summed E-state index contributed by atoms with van der Waals surface area (Å²) >= 11 is 1.27. The largest absolute Gasteiger partial charge is 0.416 e. The molecule has 4 rings (SSSR count). The van der Waals surface area contributed by atoms with Gasteiger partial charge < -0.3 is 10.6 Å². The minimum atomic E-state index is -4.56. The molecule has 39 heavy (non-hydrogen) atoms. The standard InChI is InChI=1S/C25H20F4N6O3S/c1-15(30-23(36)31-19-4-2-3-17(13-19)25(27,28)29)22-32-33-24(39-14-16-5-7-18(26)8-6-16)34(22)20-9-11-21(12-10-20)35(37)38/h2-13,15H,14H2,1H3,(H2,30,31,36). The molecular weight excluding hydrogens is 540 g/mol. The predicted octanol–water partition coefficient (Wildman–Crippen LogP) is 6.51. The fraction of sp³-hybridized carbons (Fsp3) is 0.160. The van der Waals surface area contributed by atoms with Gasteiger partial charge in [-0.15, -0.1) is 10.2 Å². The van der Waals surface area contributed by atoms with E-state index in [0.717, 1.165) is 17.7 Å². The van der Waals surface area contributed by atoms with Crippen LogP contribution in [0.2, 0.25) is 0 Å². The third-order valence-electron chi connectivity index (χ3n) is 5.44. The van der Waals surface area contributed by atoms with E-state index in [2.05, 4.69) is 20.8 Å². The second-order valence-corrected chi connectivity index (χ2v) is 9.21. The number of anilines is 1. The van der Waals surface area contributed by atoms with Crippen molar-refractivity contribution in [3.05, 3.63) is 106 Å². The van der Waals surface area contributed by atoms with E-state index < -0.39 is 28.7 Å². The molecule has 0 saturated carbocycles. The Morgan fingerprint density at radius 1 is 1.08 bits per heavy atom. The highest BCUT2D eigenvalue weighted by atomic mass is 32.2. The highest BCUT2D eigenvalue weighted by molar-refractivity contribution is 7.98. The Balaban J connectivity index is 1.57. The molecule has 0 radical (unpaired) electrons. The summed E-state index contributed by atoms with van der Waals surface area (Å²) in [6.07, 6.45) is -4.56. The average Bonchev–Trinajstić information content (AvgIpc) is 3.32. The summed E-state index contributed by atoms with van der Waals surface area (Å²) in [4.78, 5) is 23.2. The molecule has 0 aliphatic carbocycles. The lowest BCUT2D eigenvalue weighted by Gasteiger charge is -2.17. The van der Waals surface area contributed by atoms with E-state index in [1.165, 1.54) is 60.3 Å². The van der Waals surface area contributed by atoms with Crippen LogP contribution >= 0.6 is 11.8 Å². The first-order valence-corrected chi connectivity index (χ1v) is 12.3. The van der Waals surface area contributed by atoms with Crippen LogP contribution in [0.1, 0.15) is 29.9 Å². The number of thioether (sulfide) groups is 1. The molecule has 202 valence electrons. The molecule has 3 aromatic carbocycles. The van der Waals surface area contributed by atoms with E-state index >= 15 is 0 Å². The molecule has 9 nitrogen and oxygen atoms in total. The molecular formula is C25H20F4N6O3S. The van der Waals surface area contributed by atoms with Gasteiger partial charge in [0.25, 0.3) is 5.69 Å². The molecule has 0 bridgehead atoms. The van der Waals surface area contributed by atoms with Crippen LogP contribution < -0.4 is 10.6 Å². The van der Waals surface area contributed by atoms with Crippen molar-refractivity contribution in [2.45, 2.75) is 30.1 Å². The van der Waals surface area contributed by atoms with Gasteiger partial charge in [0.05, 0.1) is 16.5 Å². The Morgan fingerprint density at radius 3 is 2.41 bits per heavy atom. The molecule has 0 fully saturated rings. The average molecular weight is 561 g/mol. The number of nitrogens with one attached hydrogen (secondary N) is 2. The van der Waals surface area contributed by atoms with E-state index in [9.17, 15) is 32.5 Å². The minimum absolute atomic E-state index is 0.0538. The summed E-state index contributed by atoms with van der Waals surface area (Å²) in [6.45, 7) is 1.60. The fourth-order valence-corrected chi connectivity index (χ4v) is 4.47. The number of rotatable bonds is 8. The molecule has 1 atom stereocenters. The number of nitro benzene ring substituents is 1. The van der Waals surface area contributed by atoms with Gasteiger partial charge in [-0.05, 0) is 55.0 Å². The third kappa shape index (κ3) is 6.90. The van der Waals surface area contributed by atoms with Gasteiger partial charge in [-0.2, -0.15) is 13.2 Å². The Hall–Kier alpha value is -4.46. The van der Waals surface area contributed by atoms with Crippen molar-refractivity contribution in [1.29, 1.82) is 0 Å². The SMILES string of the molecule is CC(NC(=O)Nc1cccc(C(F)(F)F)c1)c1nnc(SCc2ccc(F)cc2)n1-c1ccc([N+](=O)[O-])cc1. The number of halogens is 4. The van der Waals surface area contributed by atoms with Gasteiger partial charge in [-0.3, -0.25) is 14.7 Å². The van der Waals surface area contributed by atoms with Gasteiger partial charge >= 0.3 is 12.2 Å². The Kier molecular flexibility index (Phi) is 8.14. The van der Waals surface area contributed by atoms with Crippen LogP contribution in [0.15, 0.2) is 78.0 Å². The fourth-order valence-electron chi connectivity index (χ4n) is 3.55. The first-order chi connectivity index (χ1) is 18.5. The van der Waals surface area contributed by atoms with Crippen molar-refractivity contribution < 1.29 is 27.3 Å². The zero-order valence-corrected chi connectivity index (χ0v) is 21.0. The molecule has 2 N–H and O–H groups in total. The quantitative estimate of drug-likeness (QED) is 0.110. The summed E-state index contributed by atoms with van der Waals surface area (Å²) in [6, 6.07) is 14.2. The van der Waals surface area contributed by atoms with Crippen LogP contribution in [-0.4, -0.2) is 25.7 Å². The third-order valence-corrected chi connectivity index (χ3v) is 6.44. The lowest BCUT2D eigenvalue weighted by molar-refractivity contribution is -0.384. The minimum Gasteiger partial charge on any atom is -0.328 e. The molecule has 0 spiro atoms. The molecule has 0 aliphatic heterocycles. The van der Waals surface area contributed by atoms with Crippen molar-refractivity contribution >= 4 is 29.2 Å². The van der Waals surface area contributed by atoms with Crippen molar-refractivity contribution in [3.8, 4) is 5.69 Å². The second-order valence-electron chi connectivity index (χ2n) is 8.26. The Morgan fingerprint density at radius 2 is 1.77 bits per heavy atom. The molecule has 0 saturated heterocycles. The maximum Gasteiger partial charge on any atom is 0.416 e. The van der Waals surface area contributed by atoms with Crippen LogP contribution in [0.4, 0.5) is 33.7 Å². The second kappa shape index (κ2) is 11.5. The maximum absolute atomic E-state index is 13.3. The first-order valence-electron chi connectivity index (χ1n) is 11.3. The molecule has 14 heteroatoms. The van der Waals surface area contributed by atoms with E-state index in [1.807, 2.05) is 0 Å².